The third kappa shape index (κ3) is 13.7. The molecule has 0 radical (unpaired) electrons. The highest BCUT2D eigenvalue weighted by molar-refractivity contribution is 7.13. The Morgan fingerprint density at radius 3 is 2.42 bits per heavy atom. The number of aryl methyl sites for hydroxylation is 1. The molecule has 4 unspecified atom stereocenters. The van der Waals surface area contributed by atoms with Crippen molar-refractivity contribution in [3.05, 3.63) is 70.5 Å². The van der Waals surface area contributed by atoms with E-state index in [1.165, 1.54) is 18.2 Å². The Kier molecular flexibility index (Phi) is 17.6. The van der Waals surface area contributed by atoms with E-state index in [2.05, 4.69) is 37.8 Å². The number of benzene rings is 2. The molecule has 2 aromatic heterocycles. The van der Waals surface area contributed by atoms with Crippen LogP contribution in [-0.2, 0) is 39.9 Å². The Morgan fingerprint density at radius 1 is 1.03 bits per heavy atom. The molecule has 2 aliphatic rings. The number of pyridine rings is 1. The average Bonchev–Trinajstić information content (AvgIpc) is 4.05. The van der Waals surface area contributed by atoms with Crippen molar-refractivity contribution in [2.24, 2.45) is 11.1 Å². The summed E-state index contributed by atoms with van der Waals surface area (Å²) in [5.74, 6) is 4.65. The number of methoxy groups -OCH3 is 1. The van der Waals surface area contributed by atoms with Crippen LogP contribution >= 0.6 is 11.3 Å². The summed E-state index contributed by atoms with van der Waals surface area (Å²) in [6, 6.07) is 9.08. The molecule has 4 atom stereocenters. The van der Waals surface area contributed by atoms with Gasteiger partial charge in [-0.25, -0.2) is 9.97 Å². The minimum Gasteiger partial charge on any atom is -0.496 e. The van der Waals surface area contributed by atoms with E-state index >= 15 is 0 Å². The number of nitrogens with zero attached hydrogens (tertiary/aromatic N) is 3. The number of hydrogen-bond acceptors (Lipinski definition) is 14. The van der Waals surface area contributed by atoms with Crippen LogP contribution in [0.15, 0.2) is 48.1 Å². The summed E-state index contributed by atoms with van der Waals surface area (Å²) in [6.45, 7) is 9.08. The minimum absolute atomic E-state index is 0.00636. The fraction of sp³-hybridized carbons (Fsp3) is 0.479. The van der Waals surface area contributed by atoms with Gasteiger partial charge in [-0.15, -0.1) is 11.3 Å². The van der Waals surface area contributed by atoms with E-state index in [1.807, 2.05) is 52.0 Å². The number of carbonyl (C=O) groups excluding carboxylic acids is 5. The van der Waals surface area contributed by atoms with E-state index in [4.69, 9.17) is 29.4 Å². The Hall–Kier alpha value is -6.17. The molecule has 358 valence electrons. The van der Waals surface area contributed by atoms with Gasteiger partial charge >= 0.3 is 0 Å². The van der Waals surface area contributed by atoms with Gasteiger partial charge < -0.3 is 55.4 Å². The molecule has 2 aliphatic heterocycles. The minimum atomic E-state index is -0.954. The third-order valence-corrected chi connectivity index (χ3v) is 12.2. The molecule has 0 saturated carbocycles. The number of nitrogens with two attached hydrogens (primary N) is 1. The van der Waals surface area contributed by atoms with Crippen molar-refractivity contribution in [1.29, 1.82) is 0 Å². The number of amides is 5. The molecule has 5 amide bonds. The van der Waals surface area contributed by atoms with Gasteiger partial charge in [0.2, 0.25) is 29.5 Å². The number of nitrogens with one attached hydrogen (secondary N) is 3. The Balaban J connectivity index is 0.894. The molecule has 67 heavy (non-hydrogen) atoms. The molecule has 2 saturated heterocycles. The molecule has 4 heterocycles. The SMILES string of the molecule is COc1cc2c(OCC3CCC(=O)N3)ncc(C#CCOCCOCCOCCC(=O)NC(C(=O)N3CC(O)CC3C(=O)NCc3ccc(-c4scnc4C)cc3)C(C)(C)C)c2cc1C(N)=O. The summed E-state index contributed by atoms with van der Waals surface area (Å²) in [6.07, 6.45) is 1.84. The monoisotopic (exact) mass is 941 g/mol. The zero-order chi connectivity index (χ0) is 48.1. The lowest BCUT2D eigenvalue weighted by molar-refractivity contribution is -0.144. The van der Waals surface area contributed by atoms with Crippen LogP contribution < -0.4 is 31.2 Å². The second-order valence-electron chi connectivity index (χ2n) is 17.3. The van der Waals surface area contributed by atoms with Gasteiger partial charge in [-0.3, -0.25) is 24.0 Å². The van der Waals surface area contributed by atoms with E-state index in [0.717, 1.165) is 21.7 Å². The lowest BCUT2D eigenvalue weighted by Gasteiger charge is -2.35. The summed E-state index contributed by atoms with van der Waals surface area (Å²) in [4.78, 5) is 75.5. The average molecular weight is 942 g/mol. The maximum Gasteiger partial charge on any atom is 0.252 e. The number of ether oxygens (including phenoxy) is 5. The van der Waals surface area contributed by atoms with Crippen molar-refractivity contribution >= 4 is 51.6 Å². The maximum atomic E-state index is 14.0. The first-order valence-corrected chi connectivity index (χ1v) is 23.0. The largest absolute Gasteiger partial charge is 0.496 e. The number of aliphatic hydroxyl groups is 1. The van der Waals surface area contributed by atoms with Crippen molar-refractivity contribution in [2.45, 2.75) is 84.2 Å². The van der Waals surface area contributed by atoms with Gasteiger partial charge in [0.1, 0.15) is 31.0 Å². The summed E-state index contributed by atoms with van der Waals surface area (Å²) in [5.41, 5.74) is 10.3. The van der Waals surface area contributed by atoms with Crippen LogP contribution in [0.3, 0.4) is 0 Å². The second-order valence-corrected chi connectivity index (χ2v) is 18.2. The van der Waals surface area contributed by atoms with E-state index in [1.54, 1.807) is 29.0 Å². The maximum absolute atomic E-state index is 14.0. The number of fused-ring (bicyclic) bond motifs is 1. The van der Waals surface area contributed by atoms with Crippen molar-refractivity contribution in [3.63, 3.8) is 0 Å². The Bertz CT molecular complexity index is 2460. The predicted octanol–water partition coefficient (Wildman–Crippen LogP) is 3.03. The molecule has 6 N–H and O–H groups in total. The van der Waals surface area contributed by atoms with Gasteiger partial charge in [-0.1, -0.05) is 56.9 Å². The van der Waals surface area contributed by atoms with Gasteiger partial charge in [0.05, 0.1) is 79.5 Å². The highest BCUT2D eigenvalue weighted by atomic mass is 32.1. The molecular weight excluding hydrogens is 883 g/mol. The number of rotatable bonds is 21. The molecule has 4 aromatic rings. The van der Waals surface area contributed by atoms with Crippen LogP contribution in [0, 0.1) is 24.2 Å². The van der Waals surface area contributed by atoms with Crippen LogP contribution in [0.1, 0.15) is 73.6 Å². The fourth-order valence-corrected chi connectivity index (χ4v) is 8.48. The Morgan fingerprint density at radius 2 is 1.76 bits per heavy atom. The number of likely N-dealkylation sites (tertiary alicyclic amines) is 1. The number of thiazole rings is 1. The number of hydrogen-bond donors (Lipinski definition) is 5. The lowest BCUT2D eigenvalue weighted by Crippen LogP contribution is -2.57. The summed E-state index contributed by atoms with van der Waals surface area (Å²) in [7, 11) is 1.43. The molecule has 2 fully saturated rings. The first-order chi connectivity index (χ1) is 32.1. The summed E-state index contributed by atoms with van der Waals surface area (Å²) < 4.78 is 28.2. The highest BCUT2D eigenvalue weighted by Gasteiger charge is 2.44. The van der Waals surface area contributed by atoms with Gasteiger partial charge in [0.25, 0.3) is 5.91 Å². The van der Waals surface area contributed by atoms with Crippen LogP contribution in [-0.4, -0.2) is 134 Å². The van der Waals surface area contributed by atoms with E-state index in [0.29, 0.717) is 35.1 Å². The summed E-state index contributed by atoms with van der Waals surface area (Å²) in [5, 5.41) is 20.3. The fourth-order valence-electron chi connectivity index (χ4n) is 7.67. The van der Waals surface area contributed by atoms with Crippen molar-refractivity contribution in [2.75, 3.05) is 59.9 Å². The van der Waals surface area contributed by atoms with Gasteiger partial charge in [0.15, 0.2) is 0 Å². The molecule has 6 rings (SSSR count). The number of aromatic nitrogens is 2. The lowest BCUT2D eigenvalue weighted by atomic mass is 9.85. The molecular formula is C48H59N7O11S. The number of β-amino-alcohol motifs (C(OH)–C–C–N with tert-alkyl or cyclic N) is 1. The first-order valence-electron chi connectivity index (χ1n) is 22.1. The van der Waals surface area contributed by atoms with Crippen LogP contribution in [0.5, 0.6) is 11.6 Å². The molecule has 18 nitrogen and oxygen atoms in total. The van der Waals surface area contributed by atoms with E-state index in [-0.39, 0.29) is 101 Å². The van der Waals surface area contributed by atoms with Gasteiger partial charge in [-0.05, 0) is 42.0 Å². The van der Waals surface area contributed by atoms with Crippen molar-refractivity contribution < 1.29 is 52.8 Å². The number of carbonyl (C=O) groups is 5. The first kappa shape index (κ1) is 50.2. The zero-order valence-corrected chi connectivity index (χ0v) is 39.3. The Labute approximate surface area is 393 Å². The number of primary amides is 1. The van der Waals surface area contributed by atoms with Crippen LogP contribution in [0.2, 0.25) is 0 Å². The smallest absolute Gasteiger partial charge is 0.252 e. The van der Waals surface area contributed by atoms with Gasteiger partial charge in [-0.2, -0.15) is 0 Å². The van der Waals surface area contributed by atoms with E-state index < -0.39 is 41.3 Å². The normalized spacial score (nSPS) is 17.4. The molecule has 19 heteroatoms. The molecule has 0 bridgehead atoms. The molecule has 0 aliphatic carbocycles. The standard InChI is InChI=1S/C48H59N7O11S/c1-29-42(67-28-52-29)31-10-8-30(9-11-31)24-50-45(60)38-21-34(56)26-55(38)47(61)43(48(2,3)4)54-41(58)14-16-64-18-20-65-19-17-63-15-6-7-32-25-51-46(66-27-33-12-13-40(57)53-33)36-23-39(62-5)37(44(49)59)22-35(32)36/h8-11,22-23,25,28,33-34,38,43,56H,12-21,24,26-27H2,1-5H3,(H2,49,59)(H,50,60)(H,53,57)(H,54,58). The second kappa shape index (κ2) is 23.5. The number of aliphatic hydroxyl groups excluding tert-OH is 1. The quantitative estimate of drug-likeness (QED) is 0.0597. The van der Waals surface area contributed by atoms with Gasteiger partial charge in [0, 0.05) is 49.3 Å². The summed E-state index contributed by atoms with van der Waals surface area (Å²) >= 11 is 1.57. The topological polar surface area (TPSA) is 243 Å². The van der Waals surface area contributed by atoms with Crippen molar-refractivity contribution in [3.8, 4) is 33.9 Å². The molecule has 2 aromatic carbocycles. The molecule has 0 spiro atoms. The zero-order valence-electron chi connectivity index (χ0n) is 38.5. The van der Waals surface area contributed by atoms with Crippen LogP contribution in [0.25, 0.3) is 21.2 Å². The third-order valence-electron chi connectivity index (χ3n) is 11.3. The van der Waals surface area contributed by atoms with Crippen molar-refractivity contribution in [1.82, 2.24) is 30.8 Å². The van der Waals surface area contributed by atoms with E-state index in [9.17, 15) is 29.1 Å². The van der Waals surface area contributed by atoms with Crippen LogP contribution in [0.4, 0.5) is 0 Å². The predicted molar refractivity (Wildman–Crippen MR) is 249 cm³/mol. The highest BCUT2D eigenvalue weighted by Crippen LogP contribution is 2.33.